The Morgan fingerprint density at radius 1 is 1.16 bits per heavy atom. The summed E-state index contributed by atoms with van der Waals surface area (Å²) in [6, 6.07) is 5.91. The van der Waals surface area contributed by atoms with Crippen LogP contribution < -0.4 is 5.32 Å². The van der Waals surface area contributed by atoms with Crippen molar-refractivity contribution in [2.45, 2.75) is 75.4 Å². The molecule has 6 rings (SSSR count). The number of halogens is 3. The first-order chi connectivity index (χ1) is 17.6. The molecule has 1 aromatic carbocycles. The Hall–Kier alpha value is -1.87. The zero-order chi connectivity index (χ0) is 26.0. The summed E-state index contributed by atoms with van der Waals surface area (Å²) < 4.78 is 32.7. The Morgan fingerprint density at radius 2 is 1.89 bits per heavy atom. The van der Waals surface area contributed by atoms with Gasteiger partial charge in [0, 0.05) is 35.4 Å². The van der Waals surface area contributed by atoms with Crippen LogP contribution in [0.4, 0.5) is 14.6 Å². The molecule has 2 aromatic rings. The van der Waals surface area contributed by atoms with Crippen molar-refractivity contribution >= 4 is 34.1 Å². The number of carbonyl (C=O) groups is 1. The van der Waals surface area contributed by atoms with Crippen molar-refractivity contribution in [3.05, 3.63) is 35.0 Å². The molecule has 4 aliphatic rings. The second-order valence-corrected chi connectivity index (χ2v) is 12.3. The number of pyridine rings is 1. The molecule has 0 bridgehead atoms. The molecule has 1 spiro atoms. The van der Waals surface area contributed by atoms with Crippen molar-refractivity contribution in [3.63, 3.8) is 0 Å². The number of hydrogen-bond donors (Lipinski definition) is 2. The van der Waals surface area contributed by atoms with E-state index in [1.165, 1.54) is 0 Å². The number of amides is 1. The third kappa shape index (κ3) is 4.64. The van der Waals surface area contributed by atoms with Crippen LogP contribution in [0.25, 0.3) is 10.8 Å². The first-order valence-corrected chi connectivity index (χ1v) is 13.8. The number of fused-ring (bicyclic) bond motifs is 1. The molecule has 2 aliphatic carbocycles. The summed E-state index contributed by atoms with van der Waals surface area (Å²) in [5.74, 6) is -2.14. The topological polar surface area (TPSA) is 74.7 Å². The Kier molecular flexibility index (Phi) is 6.26. The summed E-state index contributed by atoms with van der Waals surface area (Å²) in [7, 11) is 0. The molecule has 0 radical (unpaired) electrons. The summed E-state index contributed by atoms with van der Waals surface area (Å²) in [4.78, 5) is 19.7. The molecule has 3 heterocycles. The lowest BCUT2D eigenvalue weighted by Gasteiger charge is -2.43. The molecule has 4 fully saturated rings. The van der Waals surface area contributed by atoms with E-state index in [0.717, 1.165) is 42.3 Å². The zero-order valence-corrected chi connectivity index (χ0v) is 21.9. The maximum Gasteiger partial charge on any atom is 0.248 e. The van der Waals surface area contributed by atoms with Gasteiger partial charge >= 0.3 is 0 Å². The maximum absolute atomic E-state index is 13.6. The number of benzene rings is 1. The highest BCUT2D eigenvalue weighted by Crippen LogP contribution is 2.63. The van der Waals surface area contributed by atoms with Crippen molar-refractivity contribution < 1.29 is 23.4 Å². The minimum atomic E-state index is -2.59. The number of piperidine rings is 1. The van der Waals surface area contributed by atoms with Crippen molar-refractivity contribution in [1.82, 2.24) is 9.88 Å². The average Bonchev–Trinajstić information content (AvgIpc) is 3.49. The second kappa shape index (κ2) is 9.11. The highest BCUT2D eigenvalue weighted by atomic mass is 35.5. The van der Waals surface area contributed by atoms with Gasteiger partial charge in [-0.15, -0.1) is 0 Å². The average molecular weight is 534 g/mol. The molecule has 0 unspecified atom stereocenters. The summed E-state index contributed by atoms with van der Waals surface area (Å²) >= 11 is 6.70. The van der Waals surface area contributed by atoms with Gasteiger partial charge in [-0.2, -0.15) is 0 Å². The predicted molar refractivity (Wildman–Crippen MR) is 138 cm³/mol. The number of alkyl halides is 2. The number of aliphatic hydroxyl groups is 1. The Labute approximate surface area is 220 Å². The van der Waals surface area contributed by atoms with Crippen molar-refractivity contribution in [1.29, 1.82) is 0 Å². The van der Waals surface area contributed by atoms with Crippen LogP contribution in [0.2, 0.25) is 5.02 Å². The van der Waals surface area contributed by atoms with E-state index in [-0.39, 0.29) is 35.6 Å². The van der Waals surface area contributed by atoms with Crippen molar-refractivity contribution in [3.8, 4) is 0 Å². The van der Waals surface area contributed by atoms with E-state index < -0.39 is 12.0 Å². The van der Waals surface area contributed by atoms with Crippen LogP contribution in [-0.4, -0.2) is 64.8 Å². The lowest BCUT2D eigenvalue weighted by Crippen LogP contribution is -2.56. The Bertz CT molecular complexity index is 1210. The normalized spacial score (nSPS) is 31.6. The molecule has 1 aromatic heterocycles. The first kappa shape index (κ1) is 25.4. The number of anilines is 1. The molecule has 3 atom stereocenters. The van der Waals surface area contributed by atoms with E-state index in [4.69, 9.17) is 16.3 Å². The highest BCUT2D eigenvalue weighted by molar-refractivity contribution is 6.32. The summed E-state index contributed by atoms with van der Waals surface area (Å²) in [6.45, 7) is 4.73. The molecular formula is C28H34ClF2N3O3. The molecule has 2 N–H and O–H groups in total. The van der Waals surface area contributed by atoms with E-state index in [0.29, 0.717) is 49.2 Å². The van der Waals surface area contributed by atoms with Crippen molar-refractivity contribution in [2.24, 2.45) is 11.3 Å². The van der Waals surface area contributed by atoms with E-state index >= 15 is 0 Å². The molecular weight excluding hydrogens is 500 g/mol. The van der Waals surface area contributed by atoms with Gasteiger partial charge < -0.3 is 15.2 Å². The number of rotatable bonds is 4. The number of aliphatic hydroxyl groups excluding tert-OH is 1. The molecule has 9 heteroatoms. The fourth-order valence-electron chi connectivity index (χ4n) is 6.82. The quantitative estimate of drug-likeness (QED) is 0.552. The Balaban J connectivity index is 1.13. The fraction of sp³-hybridized carbons (Fsp3) is 0.643. The van der Waals surface area contributed by atoms with Crippen LogP contribution in [0.1, 0.15) is 63.4 Å². The standard InChI is InChI=1S/C28H34ClF2N3O3/c1-26(16-37-15-23(26)35)34-8-2-17(3-9-34)20-10-18-12-24(32-14-19(18)11-22(20)29)33-25(36)21-13-27(21)4-6-28(30,31)7-5-27/h10-12,14,17,21,23,35H,2-9,13,15-16H2,1H3,(H,32,33,36)/t21-,23+,26-/m1/s1. The van der Waals surface area contributed by atoms with Gasteiger partial charge in [-0.3, -0.25) is 9.69 Å². The first-order valence-electron chi connectivity index (χ1n) is 13.4. The smallest absolute Gasteiger partial charge is 0.248 e. The van der Waals surface area contributed by atoms with Crippen LogP contribution in [0, 0.1) is 11.3 Å². The molecule has 2 saturated heterocycles. The molecule has 1 amide bonds. The maximum atomic E-state index is 13.6. The number of ether oxygens (including phenoxy) is 1. The van der Waals surface area contributed by atoms with Crippen LogP contribution in [-0.2, 0) is 9.53 Å². The molecule has 2 aliphatic heterocycles. The number of likely N-dealkylation sites (tertiary alicyclic amines) is 1. The minimum Gasteiger partial charge on any atom is -0.389 e. The van der Waals surface area contributed by atoms with E-state index in [9.17, 15) is 18.7 Å². The third-order valence-corrected chi connectivity index (χ3v) is 9.94. The van der Waals surface area contributed by atoms with Crippen LogP contribution >= 0.6 is 11.6 Å². The molecule has 6 nitrogen and oxygen atoms in total. The Morgan fingerprint density at radius 3 is 2.57 bits per heavy atom. The van der Waals surface area contributed by atoms with E-state index in [1.54, 1.807) is 6.20 Å². The van der Waals surface area contributed by atoms with Crippen LogP contribution in [0.3, 0.4) is 0 Å². The monoisotopic (exact) mass is 533 g/mol. The lowest BCUT2D eigenvalue weighted by molar-refractivity contribution is -0.119. The molecule has 200 valence electrons. The van der Waals surface area contributed by atoms with E-state index in [1.807, 2.05) is 12.1 Å². The highest BCUT2D eigenvalue weighted by Gasteiger charge is 2.61. The number of nitrogens with zero attached hydrogens (tertiary/aromatic N) is 2. The van der Waals surface area contributed by atoms with Gasteiger partial charge in [-0.25, -0.2) is 13.8 Å². The van der Waals surface area contributed by atoms with E-state index in [2.05, 4.69) is 28.2 Å². The van der Waals surface area contributed by atoms with Gasteiger partial charge in [-0.05, 0) is 92.6 Å². The van der Waals surface area contributed by atoms with Crippen LogP contribution in [0.5, 0.6) is 0 Å². The largest absolute Gasteiger partial charge is 0.389 e. The zero-order valence-electron chi connectivity index (χ0n) is 21.1. The predicted octanol–water partition coefficient (Wildman–Crippen LogP) is 5.37. The molecule has 2 saturated carbocycles. The number of carbonyl (C=O) groups excluding carboxylic acids is 1. The van der Waals surface area contributed by atoms with Gasteiger partial charge in [-0.1, -0.05) is 11.6 Å². The number of nitrogens with one attached hydrogen (secondary N) is 1. The lowest BCUT2D eigenvalue weighted by atomic mass is 9.82. The van der Waals surface area contributed by atoms with Crippen LogP contribution in [0.15, 0.2) is 24.4 Å². The fourth-order valence-corrected chi connectivity index (χ4v) is 7.15. The van der Waals surface area contributed by atoms with Gasteiger partial charge in [0.1, 0.15) is 5.82 Å². The second-order valence-electron chi connectivity index (χ2n) is 11.9. The summed E-state index contributed by atoms with van der Waals surface area (Å²) in [5.41, 5.74) is 0.501. The summed E-state index contributed by atoms with van der Waals surface area (Å²) in [5, 5.41) is 15.9. The number of hydrogen-bond acceptors (Lipinski definition) is 5. The minimum absolute atomic E-state index is 0.120. The van der Waals surface area contributed by atoms with Gasteiger partial charge in [0.15, 0.2) is 0 Å². The summed E-state index contributed by atoms with van der Waals surface area (Å²) in [6.07, 6.45) is 4.37. The molecule has 37 heavy (non-hydrogen) atoms. The van der Waals surface area contributed by atoms with Gasteiger partial charge in [0.25, 0.3) is 0 Å². The van der Waals surface area contributed by atoms with Gasteiger partial charge in [0.05, 0.1) is 24.9 Å². The SMILES string of the molecule is C[C@@]1(N2CCC(c3cc4cc(NC(=O)[C@H]5CC56CCC(F)(F)CC6)ncc4cc3Cl)CC2)COC[C@@H]1O. The number of aromatic nitrogens is 1. The van der Waals surface area contributed by atoms with Crippen molar-refractivity contribution in [2.75, 3.05) is 31.6 Å². The third-order valence-electron chi connectivity index (χ3n) is 9.62. The van der Waals surface area contributed by atoms with Gasteiger partial charge in [0.2, 0.25) is 11.8 Å².